The Kier molecular flexibility index (Phi) is 8.86. The molecule has 46 heavy (non-hydrogen) atoms. The monoisotopic (exact) mass is 649 g/mol. The summed E-state index contributed by atoms with van der Waals surface area (Å²) in [5, 5.41) is 10.6. The molecule has 3 fully saturated rings. The van der Waals surface area contributed by atoms with Crippen molar-refractivity contribution in [3.05, 3.63) is 77.0 Å². The van der Waals surface area contributed by atoms with Crippen LogP contribution in [0.15, 0.2) is 59.8 Å². The van der Waals surface area contributed by atoms with Crippen LogP contribution < -0.4 is 9.47 Å². The highest BCUT2D eigenvalue weighted by Gasteiger charge is 2.62. The van der Waals surface area contributed by atoms with Crippen LogP contribution in [-0.2, 0) is 26.2 Å². The van der Waals surface area contributed by atoms with Crippen LogP contribution in [0.2, 0.25) is 0 Å². The van der Waals surface area contributed by atoms with Gasteiger partial charge in [0.2, 0.25) is 11.8 Å². The maximum Gasteiger partial charge on any atom is 0.322 e. The number of nitrogens with zero attached hydrogens (tertiary/aromatic N) is 3. The third-order valence-corrected chi connectivity index (χ3v) is 11.5. The van der Waals surface area contributed by atoms with Gasteiger partial charge in [-0.1, -0.05) is 57.5 Å². The molecule has 1 saturated heterocycles. The van der Waals surface area contributed by atoms with E-state index in [-0.39, 0.29) is 23.4 Å². The number of hydrogen-bond donors (Lipinski definition) is 1. The van der Waals surface area contributed by atoms with Crippen molar-refractivity contribution in [2.24, 2.45) is 11.3 Å². The van der Waals surface area contributed by atoms with Crippen molar-refractivity contribution in [1.29, 1.82) is 0 Å². The van der Waals surface area contributed by atoms with Crippen molar-refractivity contribution >= 4 is 16.0 Å². The average Bonchev–Trinajstić information content (AvgIpc) is 3.78. The molecule has 1 N–H and O–H groups in total. The lowest BCUT2D eigenvalue weighted by Gasteiger charge is -2.35. The van der Waals surface area contributed by atoms with E-state index in [4.69, 9.17) is 14.2 Å². The lowest BCUT2D eigenvalue weighted by atomic mass is 9.73. The first kappa shape index (κ1) is 32.4. The summed E-state index contributed by atoms with van der Waals surface area (Å²) < 4.78 is 48.3. The Morgan fingerprint density at radius 1 is 0.978 bits per heavy atom. The molecule has 0 radical (unpaired) electrons. The Balaban J connectivity index is 1.51. The molecule has 6 rings (SSSR count). The number of aromatic nitrogens is 2. The highest BCUT2D eigenvalue weighted by molar-refractivity contribution is 7.89. The quantitative estimate of drug-likeness (QED) is 0.263. The normalized spacial score (nSPS) is 24.0. The zero-order valence-corrected chi connectivity index (χ0v) is 27.9. The van der Waals surface area contributed by atoms with Crippen molar-refractivity contribution in [1.82, 2.24) is 14.3 Å². The van der Waals surface area contributed by atoms with Crippen LogP contribution in [0, 0.1) is 11.3 Å². The van der Waals surface area contributed by atoms with E-state index >= 15 is 0 Å². The molecule has 2 saturated carbocycles. The Hall–Kier alpha value is -3.54. The van der Waals surface area contributed by atoms with Crippen molar-refractivity contribution < 1.29 is 32.5 Å². The van der Waals surface area contributed by atoms with Gasteiger partial charge in [0, 0.05) is 23.7 Å². The van der Waals surface area contributed by atoms with Crippen molar-refractivity contribution in [3.8, 4) is 11.8 Å². The summed E-state index contributed by atoms with van der Waals surface area (Å²) in [7, 11) is -1.51. The first-order valence-corrected chi connectivity index (χ1v) is 17.4. The molecule has 2 aliphatic carbocycles. The third kappa shape index (κ3) is 6.00. The summed E-state index contributed by atoms with van der Waals surface area (Å²) in [4.78, 5) is 22.1. The van der Waals surface area contributed by atoms with Gasteiger partial charge in [0.05, 0.1) is 33.0 Å². The maximum atomic E-state index is 14.7. The van der Waals surface area contributed by atoms with E-state index in [1.165, 1.54) is 19.6 Å². The highest BCUT2D eigenvalue weighted by Crippen LogP contribution is 2.54. The number of benzene rings is 1. The number of aliphatic carboxylic acids is 1. The molecule has 1 aromatic carbocycles. The number of carbonyl (C=O) groups is 1. The van der Waals surface area contributed by atoms with Gasteiger partial charge in [0.15, 0.2) is 5.03 Å². The highest BCUT2D eigenvalue weighted by atomic mass is 32.2. The van der Waals surface area contributed by atoms with Gasteiger partial charge in [-0.2, -0.15) is 4.31 Å². The molecule has 3 heterocycles. The smallest absolute Gasteiger partial charge is 0.322 e. The van der Waals surface area contributed by atoms with E-state index < -0.39 is 45.5 Å². The molecule has 2 aromatic heterocycles. The third-order valence-electron chi connectivity index (χ3n) is 9.74. The number of pyridine rings is 2. The van der Waals surface area contributed by atoms with Crippen LogP contribution in [0.3, 0.4) is 0 Å². The Labute approximate surface area is 271 Å². The van der Waals surface area contributed by atoms with Crippen LogP contribution in [0.1, 0.15) is 93.0 Å². The predicted octanol–water partition coefficient (Wildman–Crippen LogP) is 6.09. The van der Waals surface area contributed by atoms with Crippen LogP contribution in [0.25, 0.3) is 0 Å². The number of hydrogen-bond acceptors (Lipinski definition) is 8. The molecule has 0 amide bonds. The molecule has 10 nitrogen and oxygen atoms in total. The summed E-state index contributed by atoms with van der Waals surface area (Å²) in [6.45, 7) is 5.89. The van der Waals surface area contributed by atoms with E-state index in [9.17, 15) is 18.3 Å². The number of rotatable bonds is 11. The van der Waals surface area contributed by atoms with Gasteiger partial charge < -0.3 is 19.3 Å². The topological polar surface area (TPSA) is 128 Å². The lowest BCUT2D eigenvalue weighted by Crippen LogP contribution is -2.47. The molecule has 0 bridgehead atoms. The second-order valence-corrected chi connectivity index (χ2v) is 15.5. The minimum atomic E-state index is -4.48. The summed E-state index contributed by atoms with van der Waals surface area (Å²) >= 11 is 0. The van der Waals surface area contributed by atoms with Crippen molar-refractivity contribution in [2.45, 2.75) is 94.5 Å². The van der Waals surface area contributed by atoms with Crippen LogP contribution in [-0.4, -0.2) is 60.1 Å². The first-order valence-electron chi connectivity index (χ1n) is 16.0. The molecule has 4 atom stereocenters. The summed E-state index contributed by atoms with van der Waals surface area (Å²) in [6, 6.07) is 11.9. The molecule has 1 aliphatic heterocycles. The fourth-order valence-electron chi connectivity index (χ4n) is 7.15. The number of carboxylic acids is 1. The second kappa shape index (κ2) is 12.6. The van der Waals surface area contributed by atoms with Gasteiger partial charge in [-0.05, 0) is 71.8 Å². The Morgan fingerprint density at radius 2 is 1.70 bits per heavy atom. The standard InChI is InChI=1S/C35H43N3O7S/c1-35(2,3)29-31(34(39)40)38(46(41,42)28-15-9-14-27(37-28)43-4)30(26-13-7-6-12-25(26)22-16-17-22)32(29)45-20-24-18-23(21-10-8-11-21)19-36-33(24)44-5/h6-7,9,12-15,18-19,21-22,29-32H,8,10-11,16-17,20H2,1-5H3,(H,39,40)/t29-,30+,31+,32+/m1/s1. The van der Waals surface area contributed by atoms with Crippen LogP contribution in [0.5, 0.6) is 11.8 Å². The zero-order valence-electron chi connectivity index (χ0n) is 27.0. The number of carboxylic acid groups (broad SMARTS) is 1. The first-order chi connectivity index (χ1) is 22.0. The number of ether oxygens (including phenoxy) is 3. The van der Waals surface area contributed by atoms with E-state index in [0.717, 1.165) is 52.2 Å². The van der Waals surface area contributed by atoms with E-state index in [0.29, 0.717) is 11.8 Å². The van der Waals surface area contributed by atoms with Gasteiger partial charge in [0.25, 0.3) is 10.0 Å². The van der Waals surface area contributed by atoms with Gasteiger partial charge >= 0.3 is 5.97 Å². The molecule has 0 spiro atoms. The van der Waals surface area contributed by atoms with Crippen LogP contribution in [0.4, 0.5) is 0 Å². The van der Waals surface area contributed by atoms with Crippen LogP contribution >= 0.6 is 0 Å². The Morgan fingerprint density at radius 3 is 2.28 bits per heavy atom. The molecule has 11 heteroatoms. The molecular formula is C35H43N3O7S. The van der Waals surface area contributed by atoms with Gasteiger partial charge in [-0.3, -0.25) is 4.79 Å². The van der Waals surface area contributed by atoms with E-state index in [2.05, 4.69) is 16.0 Å². The SMILES string of the molecule is COc1cccc(S(=O)(=O)N2[C@H](C(=O)O)[C@@H](C(C)(C)C)[C@H](OCc3cc(C4CCC4)cnc3OC)[C@@H]2c2ccccc2C2CC2)n1. The largest absolute Gasteiger partial charge is 0.481 e. The van der Waals surface area contributed by atoms with Gasteiger partial charge in [0.1, 0.15) is 6.04 Å². The van der Waals surface area contributed by atoms with Crippen molar-refractivity contribution in [3.63, 3.8) is 0 Å². The van der Waals surface area contributed by atoms with E-state index in [1.54, 1.807) is 19.2 Å². The molecular weight excluding hydrogens is 606 g/mol. The summed E-state index contributed by atoms with van der Waals surface area (Å²) in [5.74, 6) is -0.696. The fourth-order valence-corrected chi connectivity index (χ4v) is 8.88. The maximum absolute atomic E-state index is 14.7. The molecule has 0 unspecified atom stereocenters. The molecule has 3 aliphatic rings. The Bertz CT molecular complexity index is 1700. The zero-order chi connectivity index (χ0) is 32.8. The number of methoxy groups -OCH3 is 2. The van der Waals surface area contributed by atoms with E-state index in [1.807, 2.05) is 51.2 Å². The number of sulfonamides is 1. The summed E-state index contributed by atoms with van der Waals surface area (Å²) in [6.07, 6.45) is 6.40. The molecule has 3 aromatic rings. The fraction of sp³-hybridized carbons (Fsp3) is 0.514. The second-order valence-electron chi connectivity index (χ2n) is 13.7. The lowest BCUT2D eigenvalue weighted by molar-refractivity contribution is -0.144. The van der Waals surface area contributed by atoms with Gasteiger partial charge in [-0.25, -0.2) is 18.4 Å². The minimum absolute atomic E-state index is 0.0771. The minimum Gasteiger partial charge on any atom is -0.481 e. The predicted molar refractivity (Wildman–Crippen MR) is 171 cm³/mol. The average molecular weight is 650 g/mol. The van der Waals surface area contributed by atoms with Crippen molar-refractivity contribution in [2.75, 3.05) is 14.2 Å². The summed E-state index contributed by atoms with van der Waals surface area (Å²) in [5.41, 5.74) is 2.98. The molecule has 246 valence electrons. The van der Waals surface area contributed by atoms with Gasteiger partial charge in [-0.15, -0.1) is 0 Å².